The number of hydrogen-bond donors (Lipinski definition) is 1. The van der Waals surface area contributed by atoms with Gasteiger partial charge in [0.15, 0.2) is 0 Å². The first-order chi connectivity index (χ1) is 6.24. The highest BCUT2D eigenvalue weighted by Gasteiger charge is 2.28. The summed E-state index contributed by atoms with van der Waals surface area (Å²) >= 11 is 0. The van der Waals surface area contributed by atoms with E-state index in [2.05, 4.69) is 42.9 Å². The Morgan fingerprint density at radius 2 is 2.31 bits per heavy atom. The molecule has 1 aromatic rings. The Labute approximate surface area is 79.9 Å². The molecule has 0 fully saturated rings. The van der Waals surface area contributed by atoms with Crippen molar-refractivity contribution in [2.45, 2.75) is 39.3 Å². The minimum atomic E-state index is 0.579. The van der Waals surface area contributed by atoms with E-state index in [-0.39, 0.29) is 0 Å². The predicted octanol–water partition coefficient (Wildman–Crippen LogP) is 2.34. The van der Waals surface area contributed by atoms with Crippen LogP contribution in [-0.4, -0.2) is 22.5 Å². The van der Waals surface area contributed by atoms with Crippen molar-refractivity contribution in [2.24, 2.45) is 0 Å². The molecule has 0 saturated carbocycles. The molecule has 0 radical (unpaired) electrons. The normalized spacial score (nSPS) is 28.8. The van der Waals surface area contributed by atoms with E-state index in [0.29, 0.717) is 12.1 Å². The van der Waals surface area contributed by atoms with Crippen molar-refractivity contribution < 1.29 is 0 Å². The van der Waals surface area contributed by atoms with E-state index < -0.39 is 0 Å². The van der Waals surface area contributed by atoms with Crippen molar-refractivity contribution >= 4 is 0 Å². The van der Waals surface area contributed by atoms with Gasteiger partial charge in [-0.3, -0.25) is 4.90 Å². The molecular formula is C11H18N2. The largest absolute Gasteiger partial charge is 0.365 e. The van der Waals surface area contributed by atoms with Crippen molar-refractivity contribution in [1.29, 1.82) is 0 Å². The molecule has 1 N–H and O–H groups in total. The van der Waals surface area contributed by atoms with Crippen LogP contribution in [0.1, 0.15) is 38.1 Å². The second-order valence-corrected chi connectivity index (χ2v) is 3.97. The maximum Gasteiger partial charge on any atom is 0.0340 e. The molecule has 2 atom stereocenters. The van der Waals surface area contributed by atoms with Crippen LogP contribution < -0.4 is 0 Å². The van der Waals surface area contributed by atoms with Gasteiger partial charge in [0.1, 0.15) is 0 Å². The first-order valence-electron chi connectivity index (χ1n) is 5.16. The average molecular weight is 178 g/mol. The maximum atomic E-state index is 3.34. The van der Waals surface area contributed by atoms with Crippen molar-refractivity contribution in [2.75, 3.05) is 6.54 Å². The van der Waals surface area contributed by atoms with Gasteiger partial charge in [0, 0.05) is 30.4 Å². The molecule has 1 aliphatic rings. The molecule has 0 amide bonds. The zero-order valence-electron chi connectivity index (χ0n) is 8.67. The van der Waals surface area contributed by atoms with Crippen LogP contribution in [0, 0.1) is 0 Å². The van der Waals surface area contributed by atoms with Crippen LogP contribution in [0.15, 0.2) is 12.3 Å². The number of rotatable bonds is 1. The van der Waals surface area contributed by atoms with Gasteiger partial charge in [-0.25, -0.2) is 0 Å². The van der Waals surface area contributed by atoms with Gasteiger partial charge in [0.25, 0.3) is 0 Å². The van der Waals surface area contributed by atoms with Crippen LogP contribution in [0.4, 0.5) is 0 Å². The van der Waals surface area contributed by atoms with Gasteiger partial charge >= 0.3 is 0 Å². The number of hydrogen-bond acceptors (Lipinski definition) is 1. The summed E-state index contributed by atoms with van der Waals surface area (Å²) in [6.45, 7) is 7.99. The molecule has 72 valence electrons. The van der Waals surface area contributed by atoms with Crippen LogP contribution in [0.25, 0.3) is 0 Å². The summed E-state index contributed by atoms with van der Waals surface area (Å²) in [7, 11) is 0. The minimum absolute atomic E-state index is 0.579. The highest BCUT2D eigenvalue weighted by molar-refractivity contribution is 5.27. The van der Waals surface area contributed by atoms with Gasteiger partial charge in [-0.1, -0.05) is 6.92 Å². The van der Waals surface area contributed by atoms with Crippen LogP contribution in [-0.2, 0) is 6.42 Å². The number of likely N-dealkylation sites (N-methyl/N-ethyl adjacent to an activating group) is 1. The zero-order chi connectivity index (χ0) is 9.42. The van der Waals surface area contributed by atoms with Crippen molar-refractivity contribution in [3.05, 3.63) is 23.5 Å². The first kappa shape index (κ1) is 8.82. The van der Waals surface area contributed by atoms with Crippen molar-refractivity contribution in [1.82, 2.24) is 9.88 Å². The lowest BCUT2D eigenvalue weighted by molar-refractivity contribution is 0.146. The molecule has 2 rings (SSSR count). The summed E-state index contributed by atoms with van der Waals surface area (Å²) in [5, 5.41) is 0. The Bertz CT molecular complexity index is 290. The summed E-state index contributed by atoms with van der Waals surface area (Å²) in [5.74, 6) is 0. The number of nitrogens with one attached hydrogen (secondary N) is 1. The lowest BCUT2D eigenvalue weighted by Gasteiger charge is -2.38. The van der Waals surface area contributed by atoms with Gasteiger partial charge in [-0.05, 0) is 32.0 Å². The van der Waals surface area contributed by atoms with Crippen molar-refractivity contribution in [3.63, 3.8) is 0 Å². The third-order valence-corrected chi connectivity index (χ3v) is 3.25. The van der Waals surface area contributed by atoms with E-state index in [1.54, 1.807) is 0 Å². The summed E-state index contributed by atoms with van der Waals surface area (Å²) in [4.78, 5) is 5.89. The highest BCUT2D eigenvalue weighted by atomic mass is 15.2. The van der Waals surface area contributed by atoms with Crippen molar-refractivity contribution in [3.8, 4) is 0 Å². The molecular weight excluding hydrogens is 160 g/mol. The number of H-pyrrole nitrogens is 1. The van der Waals surface area contributed by atoms with Crippen LogP contribution in [0.2, 0.25) is 0 Å². The topological polar surface area (TPSA) is 19.0 Å². The van der Waals surface area contributed by atoms with E-state index >= 15 is 0 Å². The van der Waals surface area contributed by atoms with Crippen LogP contribution in [0.5, 0.6) is 0 Å². The van der Waals surface area contributed by atoms with Gasteiger partial charge in [-0.15, -0.1) is 0 Å². The van der Waals surface area contributed by atoms with Crippen LogP contribution in [0.3, 0.4) is 0 Å². The smallest absolute Gasteiger partial charge is 0.0340 e. The third kappa shape index (κ3) is 1.29. The second kappa shape index (κ2) is 3.18. The predicted molar refractivity (Wildman–Crippen MR) is 54.8 cm³/mol. The van der Waals surface area contributed by atoms with Gasteiger partial charge in [-0.2, -0.15) is 0 Å². The first-order valence-corrected chi connectivity index (χ1v) is 5.16. The molecule has 1 aromatic heterocycles. The van der Waals surface area contributed by atoms with E-state index in [0.717, 1.165) is 6.54 Å². The summed E-state index contributed by atoms with van der Waals surface area (Å²) in [6.07, 6.45) is 3.23. The van der Waals surface area contributed by atoms with Gasteiger partial charge in [0.2, 0.25) is 0 Å². The average Bonchev–Trinajstić information content (AvgIpc) is 2.53. The monoisotopic (exact) mass is 178 g/mol. The molecule has 2 heteroatoms. The maximum absolute atomic E-state index is 3.34. The Morgan fingerprint density at radius 3 is 3.00 bits per heavy atom. The van der Waals surface area contributed by atoms with E-state index in [1.165, 1.54) is 17.7 Å². The molecule has 0 bridgehead atoms. The Hall–Kier alpha value is -0.760. The van der Waals surface area contributed by atoms with Crippen LogP contribution >= 0.6 is 0 Å². The quantitative estimate of drug-likeness (QED) is 0.699. The Kier molecular flexibility index (Phi) is 2.16. The molecule has 1 aliphatic heterocycles. The lowest BCUT2D eigenvalue weighted by Crippen LogP contribution is -2.40. The van der Waals surface area contributed by atoms with Gasteiger partial charge < -0.3 is 4.98 Å². The second-order valence-electron chi connectivity index (χ2n) is 3.97. The SMILES string of the molecule is CCN1[C@H](C)Cc2[nH]ccc2[C@@H]1C. The van der Waals surface area contributed by atoms with E-state index in [1.807, 2.05) is 0 Å². The summed E-state index contributed by atoms with van der Waals surface area (Å²) in [5.41, 5.74) is 2.92. The fourth-order valence-corrected chi connectivity index (χ4v) is 2.54. The molecule has 13 heavy (non-hydrogen) atoms. The molecule has 2 heterocycles. The number of nitrogens with zero attached hydrogens (tertiary/aromatic N) is 1. The summed E-state index contributed by atoms with van der Waals surface area (Å²) < 4.78 is 0. The third-order valence-electron chi connectivity index (χ3n) is 3.25. The number of aromatic nitrogens is 1. The lowest BCUT2D eigenvalue weighted by atomic mass is 9.95. The minimum Gasteiger partial charge on any atom is -0.365 e. The molecule has 2 nitrogen and oxygen atoms in total. The molecule has 0 aliphatic carbocycles. The van der Waals surface area contributed by atoms with Gasteiger partial charge in [0.05, 0.1) is 0 Å². The fourth-order valence-electron chi connectivity index (χ4n) is 2.54. The summed E-state index contributed by atoms with van der Waals surface area (Å²) in [6, 6.07) is 3.47. The molecule has 0 saturated heterocycles. The molecule has 0 spiro atoms. The Balaban J connectivity index is 2.34. The van der Waals surface area contributed by atoms with E-state index in [9.17, 15) is 0 Å². The van der Waals surface area contributed by atoms with E-state index in [4.69, 9.17) is 0 Å². The molecule has 0 unspecified atom stereocenters. The zero-order valence-corrected chi connectivity index (χ0v) is 8.67. The highest BCUT2D eigenvalue weighted by Crippen LogP contribution is 2.31. The number of aromatic amines is 1. The Morgan fingerprint density at radius 1 is 1.54 bits per heavy atom. The molecule has 0 aromatic carbocycles. The number of fused-ring (bicyclic) bond motifs is 1. The fraction of sp³-hybridized carbons (Fsp3) is 0.636. The standard InChI is InChI=1S/C11H18N2/c1-4-13-8(2)7-11-10(9(13)3)5-6-12-11/h5-6,8-9,12H,4,7H2,1-3H3/t8-,9+/m1/s1.